The fraction of sp³-hybridized carbons (Fsp3) is 0.516. The molecule has 41 heavy (non-hydrogen) atoms. The number of nitriles is 1. The molecule has 1 aliphatic heterocycles. The van der Waals surface area contributed by atoms with Crippen molar-refractivity contribution in [3.8, 4) is 6.07 Å². The summed E-state index contributed by atoms with van der Waals surface area (Å²) < 4.78 is 6.98. The normalized spacial score (nSPS) is 17.1. The number of allylic oxidation sites excluding steroid dienone is 1. The van der Waals surface area contributed by atoms with Crippen molar-refractivity contribution in [1.82, 2.24) is 24.9 Å². The summed E-state index contributed by atoms with van der Waals surface area (Å²) in [6, 6.07) is 9.83. The van der Waals surface area contributed by atoms with Crippen LogP contribution >= 0.6 is 0 Å². The number of carbonyl (C=O) groups is 2. The van der Waals surface area contributed by atoms with Crippen molar-refractivity contribution in [1.29, 1.82) is 5.26 Å². The third kappa shape index (κ3) is 7.22. The molecule has 218 valence electrons. The summed E-state index contributed by atoms with van der Waals surface area (Å²) in [5.74, 6) is -0.282. The largest absolute Gasteiger partial charge is 0.351 e. The van der Waals surface area contributed by atoms with Crippen LogP contribution in [-0.2, 0) is 17.9 Å². The Morgan fingerprint density at radius 2 is 1.98 bits per heavy atom. The van der Waals surface area contributed by atoms with E-state index in [0.29, 0.717) is 31.6 Å². The Morgan fingerprint density at radius 1 is 1.22 bits per heavy atom. The van der Waals surface area contributed by atoms with Gasteiger partial charge in [0, 0.05) is 31.7 Å². The highest BCUT2D eigenvalue weighted by atomic mass is 16.5. The van der Waals surface area contributed by atoms with E-state index in [1.54, 1.807) is 11.0 Å². The lowest BCUT2D eigenvalue weighted by Gasteiger charge is -2.28. The van der Waals surface area contributed by atoms with Gasteiger partial charge in [0.2, 0.25) is 11.7 Å². The van der Waals surface area contributed by atoms with E-state index in [4.69, 9.17) is 9.51 Å². The van der Waals surface area contributed by atoms with Crippen molar-refractivity contribution in [2.45, 2.75) is 86.5 Å². The summed E-state index contributed by atoms with van der Waals surface area (Å²) in [5, 5.41) is 19.8. The highest BCUT2D eigenvalue weighted by molar-refractivity contribution is 6.02. The third-order valence-corrected chi connectivity index (χ3v) is 7.57. The Balaban J connectivity index is 1.65. The van der Waals surface area contributed by atoms with Crippen LogP contribution < -0.4 is 10.6 Å². The predicted octanol–water partition coefficient (Wildman–Crippen LogP) is 5.29. The van der Waals surface area contributed by atoms with E-state index in [2.05, 4.69) is 55.6 Å². The van der Waals surface area contributed by atoms with Crippen LogP contribution in [-0.4, -0.2) is 50.1 Å². The number of aromatic nitrogens is 3. The molecule has 0 saturated carbocycles. The number of amides is 2. The lowest BCUT2D eigenvalue weighted by atomic mass is 9.88. The number of nitrogens with zero attached hydrogens (tertiary/aromatic N) is 5. The van der Waals surface area contributed by atoms with Crippen LogP contribution in [0.2, 0.25) is 0 Å². The van der Waals surface area contributed by atoms with Crippen molar-refractivity contribution < 1.29 is 14.1 Å². The average Bonchev–Trinajstić information content (AvgIpc) is 3.65. The van der Waals surface area contributed by atoms with Crippen LogP contribution in [0.25, 0.3) is 11.0 Å². The van der Waals surface area contributed by atoms with Gasteiger partial charge in [0.15, 0.2) is 0 Å². The maximum atomic E-state index is 13.4. The number of anilines is 1. The molecule has 3 aromatic rings. The van der Waals surface area contributed by atoms with Crippen LogP contribution in [0.5, 0.6) is 0 Å². The van der Waals surface area contributed by atoms with Crippen molar-refractivity contribution in [2.24, 2.45) is 10.8 Å². The zero-order chi connectivity index (χ0) is 29.9. The SMILES string of the molecule is CC(NCc1ccc2c(c1)nc(NC(=O)c1ccno1)n2CC1CCCN1C(=O)C(C#N)=CC(C)(C)C)C(C)(C)C. The molecule has 0 radical (unpaired) electrons. The van der Waals surface area contributed by atoms with E-state index in [1.165, 1.54) is 12.3 Å². The first-order valence-electron chi connectivity index (χ1n) is 14.2. The van der Waals surface area contributed by atoms with Gasteiger partial charge in [0.05, 0.1) is 23.3 Å². The lowest BCUT2D eigenvalue weighted by molar-refractivity contribution is -0.127. The molecule has 0 spiro atoms. The molecular formula is C31H41N7O3. The Bertz CT molecular complexity index is 1470. The van der Waals surface area contributed by atoms with Crippen molar-refractivity contribution in [2.75, 3.05) is 11.9 Å². The fourth-order valence-electron chi connectivity index (χ4n) is 4.87. The van der Waals surface area contributed by atoms with Gasteiger partial charge in [-0.05, 0) is 48.3 Å². The second-order valence-corrected chi connectivity index (χ2v) is 13.0. The van der Waals surface area contributed by atoms with Crippen molar-refractivity contribution >= 4 is 28.8 Å². The van der Waals surface area contributed by atoms with Gasteiger partial charge < -0.3 is 19.3 Å². The van der Waals surface area contributed by atoms with Gasteiger partial charge in [-0.3, -0.25) is 14.9 Å². The quantitative estimate of drug-likeness (QED) is 0.283. The van der Waals surface area contributed by atoms with Gasteiger partial charge in [-0.1, -0.05) is 58.8 Å². The highest BCUT2D eigenvalue weighted by Crippen LogP contribution is 2.28. The number of nitrogens with one attached hydrogen (secondary N) is 2. The van der Waals surface area contributed by atoms with Gasteiger partial charge in [-0.15, -0.1) is 0 Å². The highest BCUT2D eigenvalue weighted by Gasteiger charge is 2.33. The molecule has 3 heterocycles. The van der Waals surface area contributed by atoms with Gasteiger partial charge >= 0.3 is 0 Å². The first-order chi connectivity index (χ1) is 19.3. The van der Waals surface area contributed by atoms with Crippen LogP contribution in [0.15, 0.2) is 46.6 Å². The molecule has 2 N–H and O–H groups in total. The monoisotopic (exact) mass is 559 g/mol. The van der Waals surface area contributed by atoms with E-state index < -0.39 is 5.91 Å². The Hall–Kier alpha value is -3.97. The third-order valence-electron chi connectivity index (χ3n) is 7.57. The Morgan fingerprint density at radius 3 is 2.61 bits per heavy atom. The van der Waals surface area contributed by atoms with Crippen LogP contribution in [0, 0.1) is 22.2 Å². The van der Waals surface area contributed by atoms with Gasteiger partial charge in [0.25, 0.3) is 11.8 Å². The molecule has 1 fully saturated rings. The average molecular weight is 560 g/mol. The molecular weight excluding hydrogens is 518 g/mol. The minimum Gasteiger partial charge on any atom is -0.351 e. The summed E-state index contributed by atoms with van der Waals surface area (Å²) in [7, 11) is 0. The molecule has 1 aromatic carbocycles. The summed E-state index contributed by atoms with van der Waals surface area (Å²) in [4.78, 5) is 32.9. The van der Waals surface area contributed by atoms with E-state index in [1.807, 2.05) is 37.5 Å². The minimum atomic E-state index is -0.459. The number of hydrogen-bond acceptors (Lipinski definition) is 7. The van der Waals surface area contributed by atoms with Crippen molar-refractivity contribution in [3.63, 3.8) is 0 Å². The first kappa shape index (κ1) is 30.0. The number of carbonyl (C=O) groups excluding carboxylic acids is 2. The van der Waals surface area contributed by atoms with Crippen LogP contribution in [0.1, 0.15) is 77.4 Å². The summed E-state index contributed by atoms with van der Waals surface area (Å²) >= 11 is 0. The maximum Gasteiger partial charge on any atom is 0.296 e. The second-order valence-electron chi connectivity index (χ2n) is 13.0. The topological polar surface area (TPSA) is 129 Å². The van der Waals surface area contributed by atoms with Crippen molar-refractivity contribution in [3.05, 3.63) is 53.4 Å². The maximum absolute atomic E-state index is 13.4. The fourth-order valence-corrected chi connectivity index (χ4v) is 4.87. The summed E-state index contributed by atoms with van der Waals surface area (Å²) in [6.45, 7) is 16.4. The lowest BCUT2D eigenvalue weighted by Crippen LogP contribution is -2.39. The zero-order valence-electron chi connectivity index (χ0n) is 25.1. The van der Waals surface area contributed by atoms with E-state index in [-0.39, 0.29) is 34.1 Å². The molecule has 2 unspecified atom stereocenters. The molecule has 10 nitrogen and oxygen atoms in total. The number of imidazole rings is 1. The standard InChI is InChI=1S/C31H41N7O3/c1-20(31(5,6)7)33-18-21-10-11-25-24(15-21)35-29(36-27(39)26-12-13-34-41-26)38(25)19-23-9-8-14-37(23)28(40)22(17-32)16-30(2,3)4/h10-13,15-16,20,23,33H,8-9,14,18-19H2,1-7H3,(H,35,36,39). The Kier molecular flexibility index (Phi) is 8.69. The number of rotatable bonds is 8. The molecule has 2 atom stereocenters. The van der Waals surface area contributed by atoms with Crippen LogP contribution in [0.3, 0.4) is 0 Å². The van der Waals surface area contributed by atoms with Gasteiger partial charge in [-0.2, -0.15) is 5.26 Å². The molecule has 4 rings (SSSR count). The molecule has 2 aromatic heterocycles. The summed E-state index contributed by atoms with van der Waals surface area (Å²) in [5.41, 5.74) is 2.64. The van der Waals surface area contributed by atoms with E-state index in [0.717, 1.165) is 29.4 Å². The Labute approximate surface area is 241 Å². The van der Waals surface area contributed by atoms with E-state index in [9.17, 15) is 14.9 Å². The molecule has 0 aliphatic carbocycles. The molecule has 1 saturated heterocycles. The number of likely N-dealkylation sites (tertiary alicyclic amines) is 1. The smallest absolute Gasteiger partial charge is 0.296 e. The first-order valence-corrected chi connectivity index (χ1v) is 14.2. The van der Waals surface area contributed by atoms with Gasteiger partial charge in [-0.25, -0.2) is 4.98 Å². The molecule has 0 bridgehead atoms. The minimum absolute atomic E-state index is 0.0771. The van der Waals surface area contributed by atoms with Crippen LogP contribution in [0.4, 0.5) is 5.95 Å². The van der Waals surface area contributed by atoms with Gasteiger partial charge in [0.1, 0.15) is 11.6 Å². The molecule has 10 heteroatoms. The number of benzene rings is 1. The summed E-state index contributed by atoms with van der Waals surface area (Å²) in [6.07, 6.45) is 4.76. The zero-order valence-corrected chi connectivity index (χ0v) is 25.1. The van der Waals surface area contributed by atoms with E-state index >= 15 is 0 Å². The number of fused-ring (bicyclic) bond motifs is 1. The predicted molar refractivity (Wildman–Crippen MR) is 158 cm³/mol. The molecule has 1 aliphatic rings. The molecule has 2 amide bonds. The number of hydrogen-bond donors (Lipinski definition) is 2. The second kappa shape index (κ2) is 11.9.